The zero-order chi connectivity index (χ0) is 20.6. The van der Waals surface area contributed by atoms with Crippen molar-refractivity contribution < 1.29 is 13.2 Å². The molecule has 0 bridgehead atoms. The number of hydrogen-bond acceptors (Lipinski definition) is 4. The average Bonchev–Trinajstić information content (AvgIpc) is 3.53. The summed E-state index contributed by atoms with van der Waals surface area (Å²) in [6.07, 6.45) is 2.36. The zero-order valence-corrected chi connectivity index (χ0v) is 17.3. The highest BCUT2D eigenvalue weighted by molar-refractivity contribution is 7.93. The van der Waals surface area contributed by atoms with E-state index >= 15 is 0 Å². The summed E-state index contributed by atoms with van der Waals surface area (Å²) >= 11 is 0. The molecular formula is C22H23N3O3S. The second kappa shape index (κ2) is 7.45. The molecule has 0 radical (unpaired) electrons. The number of aryl methyl sites for hydroxylation is 1. The lowest BCUT2D eigenvalue weighted by Gasteiger charge is -2.12. The van der Waals surface area contributed by atoms with Gasteiger partial charge in [0.2, 0.25) is 10.0 Å². The van der Waals surface area contributed by atoms with Gasteiger partial charge in [0.05, 0.1) is 29.1 Å². The van der Waals surface area contributed by atoms with Crippen molar-refractivity contribution in [3.8, 4) is 23.1 Å². The molecule has 0 saturated heterocycles. The summed E-state index contributed by atoms with van der Waals surface area (Å²) in [5, 5.41) is 10.5. The van der Waals surface area contributed by atoms with Crippen LogP contribution < -0.4 is 9.46 Å². The number of rotatable bonds is 7. The molecule has 29 heavy (non-hydrogen) atoms. The minimum atomic E-state index is -3.30. The Morgan fingerprint density at radius 3 is 2.52 bits per heavy atom. The van der Waals surface area contributed by atoms with Crippen LogP contribution in [0.3, 0.4) is 0 Å². The number of hydrogen-bond donors (Lipinski definition) is 1. The van der Waals surface area contributed by atoms with Crippen molar-refractivity contribution in [2.24, 2.45) is 0 Å². The molecule has 1 heterocycles. The van der Waals surface area contributed by atoms with Gasteiger partial charge in [-0.2, -0.15) is 5.26 Å². The molecule has 0 aliphatic heterocycles. The summed E-state index contributed by atoms with van der Waals surface area (Å²) in [6.45, 7) is 2.86. The Balaban J connectivity index is 1.80. The molecular weight excluding hydrogens is 386 g/mol. The van der Waals surface area contributed by atoms with Crippen molar-refractivity contribution in [2.45, 2.75) is 38.0 Å². The van der Waals surface area contributed by atoms with Gasteiger partial charge in [0.15, 0.2) is 0 Å². The number of aromatic nitrogens is 1. The van der Waals surface area contributed by atoms with Crippen LogP contribution in [-0.4, -0.2) is 25.3 Å². The van der Waals surface area contributed by atoms with Crippen LogP contribution in [0.5, 0.6) is 5.75 Å². The highest BCUT2D eigenvalue weighted by Crippen LogP contribution is 2.36. The van der Waals surface area contributed by atoms with Gasteiger partial charge in [-0.15, -0.1) is 0 Å². The first-order chi connectivity index (χ1) is 14.0. The molecule has 6 nitrogen and oxygen atoms in total. The minimum Gasteiger partial charge on any atom is -0.497 e. The average molecular weight is 410 g/mol. The first-order valence-electron chi connectivity index (χ1n) is 9.71. The number of sulfonamides is 1. The van der Waals surface area contributed by atoms with Gasteiger partial charge in [0, 0.05) is 23.7 Å². The van der Waals surface area contributed by atoms with E-state index in [0.717, 1.165) is 53.7 Å². The van der Waals surface area contributed by atoms with Gasteiger partial charge < -0.3 is 9.30 Å². The summed E-state index contributed by atoms with van der Waals surface area (Å²) in [5.74, 6) is 0.744. The number of ether oxygens (including phenoxy) is 1. The van der Waals surface area contributed by atoms with Gasteiger partial charge in [-0.25, -0.2) is 8.42 Å². The third-order valence-electron chi connectivity index (χ3n) is 5.21. The van der Waals surface area contributed by atoms with Gasteiger partial charge in [-0.05, 0) is 49.1 Å². The minimum absolute atomic E-state index is 0.269. The molecule has 0 unspecified atom stereocenters. The number of nitriles is 1. The Morgan fingerprint density at radius 1 is 1.21 bits per heavy atom. The molecule has 3 aromatic rings. The molecule has 4 rings (SSSR count). The van der Waals surface area contributed by atoms with Crippen LogP contribution in [0, 0.1) is 11.3 Å². The zero-order valence-electron chi connectivity index (χ0n) is 16.5. The molecule has 1 saturated carbocycles. The van der Waals surface area contributed by atoms with Crippen LogP contribution >= 0.6 is 0 Å². The van der Waals surface area contributed by atoms with Gasteiger partial charge in [-0.3, -0.25) is 4.72 Å². The lowest BCUT2D eigenvalue weighted by Crippen LogP contribution is -2.17. The lowest BCUT2D eigenvalue weighted by molar-refractivity contribution is 0.415. The van der Waals surface area contributed by atoms with Crippen molar-refractivity contribution in [1.82, 2.24) is 4.57 Å². The monoisotopic (exact) mass is 409 g/mol. The quantitative estimate of drug-likeness (QED) is 0.623. The fourth-order valence-electron chi connectivity index (χ4n) is 3.65. The highest BCUT2D eigenvalue weighted by atomic mass is 32.2. The number of anilines is 1. The maximum atomic E-state index is 12.2. The fourth-order valence-corrected chi connectivity index (χ4v) is 5.04. The van der Waals surface area contributed by atoms with Crippen LogP contribution in [0.1, 0.15) is 31.7 Å². The topological polar surface area (TPSA) is 84.1 Å². The van der Waals surface area contributed by atoms with Crippen molar-refractivity contribution in [3.05, 3.63) is 48.0 Å². The van der Waals surface area contributed by atoms with Gasteiger partial charge in [0.1, 0.15) is 11.8 Å². The van der Waals surface area contributed by atoms with Gasteiger partial charge >= 0.3 is 0 Å². The number of benzene rings is 2. The molecule has 0 amide bonds. The highest BCUT2D eigenvalue weighted by Gasteiger charge is 2.35. The Kier molecular flexibility index (Phi) is 4.97. The third kappa shape index (κ3) is 3.56. The first kappa shape index (κ1) is 19.3. The van der Waals surface area contributed by atoms with E-state index in [9.17, 15) is 13.7 Å². The summed E-state index contributed by atoms with van der Waals surface area (Å²) in [4.78, 5) is 0. The predicted octanol–water partition coefficient (Wildman–Crippen LogP) is 4.50. The maximum absolute atomic E-state index is 12.2. The van der Waals surface area contributed by atoms with Crippen LogP contribution in [0.2, 0.25) is 0 Å². The van der Waals surface area contributed by atoms with Crippen molar-refractivity contribution in [2.75, 3.05) is 11.8 Å². The van der Waals surface area contributed by atoms with E-state index in [2.05, 4.69) is 22.3 Å². The summed E-state index contributed by atoms with van der Waals surface area (Å²) < 4.78 is 34.5. The molecule has 1 aliphatic rings. The number of fused-ring (bicyclic) bond motifs is 1. The Labute approximate surface area is 170 Å². The Bertz CT molecular complexity index is 1200. The second-order valence-corrected chi connectivity index (χ2v) is 9.25. The first-order valence-corrected chi connectivity index (χ1v) is 11.3. The van der Waals surface area contributed by atoms with Crippen LogP contribution in [-0.2, 0) is 16.6 Å². The van der Waals surface area contributed by atoms with E-state index in [1.807, 2.05) is 30.3 Å². The molecule has 0 atom stereocenters. The van der Waals surface area contributed by atoms with Crippen molar-refractivity contribution in [3.63, 3.8) is 0 Å². The molecule has 7 heteroatoms. The fraction of sp³-hybridized carbons (Fsp3) is 0.318. The normalized spacial score (nSPS) is 14.0. The van der Waals surface area contributed by atoms with Crippen LogP contribution in [0.15, 0.2) is 42.5 Å². The second-order valence-electron chi connectivity index (χ2n) is 7.29. The SMILES string of the molecule is CCCn1c(-c2ccc(NS(=O)(=O)C3CC3)cc2)c(C#N)c2ccc(OC)cc21. The van der Waals surface area contributed by atoms with Crippen LogP contribution in [0.25, 0.3) is 22.2 Å². The standard InChI is InChI=1S/C22H23N3O3S/c1-3-12-25-21-13-17(28-2)8-11-19(21)20(14-23)22(25)15-4-6-16(7-5-15)24-29(26,27)18-9-10-18/h4-8,11,13,18,24H,3,9-10,12H2,1-2H3. The largest absolute Gasteiger partial charge is 0.497 e. The summed E-state index contributed by atoms with van der Waals surface area (Å²) in [6, 6.07) is 15.3. The lowest BCUT2D eigenvalue weighted by atomic mass is 10.1. The van der Waals surface area contributed by atoms with Gasteiger partial charge in [0.25, 0.3) is 0 Å². The van der Waals surface area contributed by atoms with E-state index in [0.29, 0.717) is 11.3 Å². The molecule has 0 spiro atoms. The number of nitrogens with one attached hydrogen (secondary N) is 1. The van der Waals surface area contributed by atoms with E-state index < -0.39 is 10.0 Å². The number of methoxy groups -OCH3 is 1. The van der Waals surface area contributed by atoms with Crippen molar-refractivity contribution >= 4 is 26.6 Å². The molecule has 1 N–H and O–H groups in total. The molecule has 1 fully saturated rings. The van der Waals surface area contributed by atoms with Crippen LogP contribution in [0.4, 0.5) is 5.69 Å². The Hall–Kier alpha value is -2.98. The van der Waals surface area contributed by atoms with Crippen molar-refractivity contribution in [1.29, 1.82) is 5.26 Å². The van der Waals surface area contributed by atoms with E-state index in [1.54, 1.807) is 19.2 Å². The van der Waals surface area contributed by atoms with E-state index in [-0.39, 0.29) is 5.25 Å². The molecule has 1 aliphatic carbocycles. The van der Waals surface area contributed by atoms with E-state index in [4.69, 9.17) is 4.74 Å². The Morgan fingerprint density at radius 2 is 1.93 bits per heavy atom. The molecule has 1 aromatic heterocycles. The predicted molar refractivity (Wildman–Crippen MR) is 114 cm³/mol. The summed E-state index contributed by atoms with van der Waals surface area (Å²) in [7, 11) is -1.67. The number of nitrogens with zero attached hydrogens (tertiary/aromatic N) is 2. The van der Waals surface area contributed by atoms with Gasteiger partial charge in [-0.1, -0.05) is 19.1 Å². The molecule has 150 valence electrons. The molecule has 2 aromatic carbocycles. The maximum Gasteiger partial charge on any atom is 0.235 e. The summed E-state index contributed by atoms with van der Waals surface area (Å²) in [5.41, 5.74) is 3.83. The smallest absolute Gasteiger partial charge is 0.235 e. The van der Waals surface area contributed by atoms with E-state index in [1.165, 1.54) is 0 Å². The third-order valence-corrected chi connectivity index (χ3v) is 7.08.